The molecule has 0 radical (unpaired) electrons. The normalized spacial score (nSPS) is 10.9. The second-order valence-corrected chi connectivity index (χ2v) is 6.91. The van der Waals surface area contributed by atoms with Crippen LogP contribution in [0, 0.1) is 0 Å². The molecule has 0 aliphatic rings. The number of rotatable bonds is 6. The lowest BCUT2D eigenvalue weighted by atomic mass is 10.2. The summed E-state index contributed by atoms with van der Waals surface area (Å²) in [6, 6.07) is 11.6. The van der Waals surface area contributed by atoms with Crippen LogP contribution >= 0.6 is 46.6 Å². The predicted octanol–water partition coefficient (Wildman–Crippen LogP) is 6.30. The highest BCUT2D eigenvalue weighted by molar-refractivity contribution is 7.99. The second-order valence-electron chi connectivity index (χ2n) is 4.57. The second kappa shape index (κ2) is 8.30. The maximum atomic E-state index is 6.33. The van der Waals surface area contributed by atoms with E-state index in [1.807, 2.05) is 30.3 Å². The van der Waals surface area contributed by atoms with Crippen LogP contribution in [0.3, 0.4) is 0 Å². The molecule has 1 nitrogen and oxygen atoms in total. The van der Waals surface area contributed by atoms with Gasteiger partial charge in [-0.05, 0) is 48.9 Å². The van der Waals surface area contributed by atoms with Crippen LogP contribution in [-0.2, 0) is 6.54 Å². The van der Waals surface area contributed by atoms with Gasteiger partial charge in [0.1, 0.15) is 0 Å². The van der Waals surface area contributed by atoms with Crippen molar-refractivity contribution in [3.63, 3.8) is 0 Å². The summed E-state index contributed by atoms with van der Waals surface area (Å²) in [4.78, 5) is 2.17. The Labute approximate surface area is 145 Å². The smallest absolute Gasteiger partial charge is 0.0603 e. The van der Waals surface area contributed by atoms with Crippen molar-refractivity contribution < 1.29 is 0 Å². The largest absolute Gasteiger partial charge is 0.313 e. The molecule has 21 heavy (non-hydrogen) atoms. The lowest BCUT2D eigenvalue weighted by Gasteiger charge is -2.12. The molecule has 0 fully saturated rings. The minimum absolute atomic E-state index is 0.564. The van der Waals surface area contributed by atoms with Gasteiger partial charge in [0, 0.05) is 21.4 Å². The number of nitrogens with one attached hydrogen (secondary N) is 1. The van der Waals surface area contributed by atoms with Crippen molar-refractivity contribution in [3.05, 3.63) is 57.0 Å². The molecule has 0 spiro atoms. The highest BCUT2D eigenvalue weighted by Crippen LogP contribution is 2.36. The van der Waals surface area contributed by atoms with Gasteiger partial charge in [0.25, 0.3) is 0 Å². The molecule has 1 N–H and O–H groups in total. The summed E-state index contributed by atoms with van der Waals surface area (Å²) in [5.41, 5.74) is 1.11. The Morgan fingerprint density at radius 1 is 1.00 bits per heavy atom. The summed E-state index contributed by atoms with van der Waals surface area (Å²) < 4.78 is 0. The van der Waals surface area contributed by atoms with E-state index in [-0.39, 0.29) is 0 Å². The Balaban J connectivity index is 2.22. The minimum Gasteiger partial charge on any atom is -0.313 e. The number of hydrogen-bond acceptors (Lipinski definition) is 2. The van der Waals surface area contributed by atoms with Gasteiger partial charge in [-0.15, -0.1) is 0 Å². The van der Waals surface area contributed by atoms with Crippen LogP contribution in [-0.4, -0.2) is 6.54 Å². The molecule has 5 heteroatoms. The Morgan fingerprint density at radius 2 is 1.81 bits per heavy atom. The van der Waals surface area contributed by atoms with Crippen molar-refractivity contribution in [1.82, 2.24) is 5.32 Å². The first kappa shape index (κ1) is 17.0. The molecule has 0 saturated carbocycles. The zero-order valence-corrected chi connectivity index (χ0v) is 14.7. The summed E-state index contributed by atoms with van der Waals surface area (Å²) in [5.74, 6) is 0. The zero-order chi connectivity index (χ0) is 15.2. The van der Waals surface area contributed by atoms with Gasteiger partial charge in [-0.1, -0.05) is 59.6 Å². The van der Waals surface area contributed by atoms with Gasteiger partial charge < -0.3 is 5.32 Å². The maximum Gasteiger partial charge on any atom is 0.0603 e. The van der Waals surface area contributed by atoms with Gasteiger partial charge in [-0.3, -0.25) is 0 Å². The standard InChI is InChI=1S/C16H16Cl3NS/c1-2-8-20-10-12-13(17)4-3-5-16(12)21-11-6-7-14(18)15(19)9-11/h3-7,9,20H,2,8,10H2,1H3. The Morgan fingerprint density at radius 3 is 2.52 bits per heavy atom. The number of benzene rings is 2. The Hall–Kier alpha value is -0.380. The van der Waals surface area contributed by atoms with Gasteiger partial charge in [0.2, 0.25) is 0 Å². The molecule has 0 unspecified atom stereocenters. The molecule has 112 valence electrons. The van der Waals surface area contributed by atoms with E-state index < -0.39 is 0 Å². The van der Waals surface area contributed by atoms with Crippen LogP contribution in [0.1, 0.15) is 18.9 Å². The van der Waals surface area contributed by atoms with E-state index in [9.17, 15) is 0 Å². The molecule has 0 bridgehead atoms. The Bertz CT molecular complexity index is 616. The summed E-state index contributed by atoms with van der Waals surface area (Å²) >= 11 is 20.0. The van der Waals surface area contributed by atoms with Gasteiger partial charge in [-0.25, -0.2) is 0 Å². The highest BCUT2D eigenvalue weighted by atomic mass is 35.5. The van der Waals surface area contributed by atoms with Gasteiger partial charge >= 0.3 is 0 Å². The quantitative estimate of drug-likeness (QED) is 0.607. The van der Waals surface area contributed by atoms with Crippen molar-refractivity contribution >= 4 is 46.6 Å². The third kappa shape index (κ3) is 4.80. The third-order valence-corrected chi connectivity index (χ3v) is 5.11. The maximum absolute atomic E-state index is 6.33. The van der Waals surface area contributed by atoms with Crippen LogP contribution in [0.15, 0.2) is 46.2 Å². The fourth-order valence-corrected chi connectivity index (χ4v) is 3.54. The van der Waals surface area contributed by atoms with Crippen LogP contribution < -0.4 is 5.32 Å². The lowest BCUT2D eigenvalue weighted by molar-refractivity contribution is 0.669. The summed E-state index contributed by atoms with van der Waals surface area (Å²) in [6.45, 7) is 3.88. The van der Waals surface area contributed by atoms with E-state index in [0.29, 0.717) is 10.0 Å². The topological polar surface area (TPSA) is 12.0 Å². The number of halogens is 3. The highest BCUT2D eigenvalue weighted by Gasteiger charge is 2.09. The molecule has 0 atom stereocenters. The summed E-state index contributed by atoms with van der Waals surface area (Å²) in [6.07, 6.45) is 1.10. The van der Waals surface area contributed by atoms with Crippen molar-refractivity contribution in [2.75, 3.05) is 6.54 Å². The average Bonchev–Trinajstić information content (AvgIpc) is 2.46. The first-order valence-corrected chi connectivity index (χ1v) is 8.68. The Kier molecular flexibility index (Phi) is 6.72. The van der Waals surface area contributed by atoms with Gasteiger partial charge in [-0.2, -0.15) is 0 Å². The van der Waals surface area contributed by atoms with E-state index in [4.69, 9.17) is 34.8 Å². The molecule has 0 aliphatic carbocycles. The van der Waals surface area contributed by atoms with Crippen LogP contribution in [0.4, 0.5) is 0 Å². The molecule has 0 amide bonds. The fourth-order valence-electron chi connectivity index (χ4n) is 1.86. The predicted molar refractivity (Wildman–Crippen MR) is 94.0 cm³/mol. The van der Waals surface area contributed by atoms with Crippen LogP contribution in [0.2, 0.25) is 15.1 Å². The molecular formula is C16H16Cl3NS. The molecule has 2 rings (SSSR count). The molecule has 0 saturated heterocycles. The number of hydrogen-bond donors (Lipinski definition) is 1. The monoisotopic (exact) mass is 359 g/mol. The molecule has 2 aromatic carbocycles. The van der Waals surface area contributed by atoms with E-state index in [2.05, 4.69) is 18.3 Å². The lowest BCUT2D eigenvalue weighted by Crippen LogP contribution is -2.14. The van der Waals surface area contributed by atoms with E-state index in [1.165, 1.54) is 0 Å². The molecular weight excluding hydrogens is 345 g/mol. The van der Waals surface area contributed by atoms with Crippen LogP contribution in [0.5, 0.6) is 0 Å². The van der Waals surface area contributed by atoms with E-state index in [1.54, 1.807) is 11.8 Å². The molecule has 0 heterocycles. The first-order chi connectivity index (χ1) is 10.1. The fraction of sp³-hybridized carbons (Fsp3) is 0.250. The summed E-state index contributed by atoms with van der Waals surface area (Å²) in [7, 11) is 0. The minimum atomic E-state index is 0.564. The van der Waals surface area contributed by atoms with Crippen molar-refractivity contribution in [2.24, 2.45) is 0 Å². The van der Waals surface area contributed by atoms with Crippen molar-refractivity contribution in [3.8, 4) is 0 Å². The average molecular weight is 361 g/mol. The molecule has 2 aromatic rings. The zero-order valence-electron chi connectivity index (χ0n) is 11.6. The first-order valence-electron chi connectivity index (χ1n) is 6.73. The van der Waals surface area contributed by atoms with Gasteiger partial charge in [0.15, 0.2) is 0 Å². The molecule has 0 aliphatic heterocycles. The van der Waals surface area contributed by atoms with Crippen molar-refractivity contribution in [2.45, 2.75) is 29.7 Å². The SMILES string of the molecule is CCCNCc1c(Cl)cccc1Sc1ccc(Cl)c(Cl)c1. The summed E-state index contributed by atoms with van der Waals surface area (Å²) in [5, 5.41) is 5.31. The van der Waals surface area contributed by atoms with E-state index >= 15 is 0 Å². The third-order valence-electron chi connectivity index (χ3n) is 2.92. The van der Waals surface area contributed by atoms with Gasteiger partial charge in [0.05, 0.1) is 10.0 Å². The van der Waals surface area contributed by atoms with Crippen LogP contribution in [0.25, 0.3) is 0 Å². The molecule has 0 aromatic heterocycles. The van der Waals surface area contributed by atoms with Crippen molar-refractivity contribution in [1.29, 1.82) is 0 Å². The van der Waals surface area contributed by atoms with E-state index in [0.717, 1.165) is 39.9 Å².